The number of benzene rings is 1. The van der Waals surface area contributed by atoms with Crippen LogP contribution in [0, 0.1) is 0 Å². The molecule has 4 aromatic rings. The zero-order valence-corrected chi connectivity index (χ0v) is 23.2. The van der Waals surface area contributed by atoms with Gasteiger partial charge in [0.05, 0.1) is 35.8 Å². The van der Waals surface area contributed by atoms with Crippen LogP contribution in [0.1, 0.15) is 38.5 Å². The first-order valence-corrected chi connectivity index (χ1v) is 14.7. The van der Waals surface area contributed by atoms with Crippen LogP contribution in [0.5, 0.6) is 5.88 Å². The molecule has 0 amide bonds. The highest BCUT2D eigenvalue weighted by atomic mass is 16.5. The number of H-pyrrole nitrogens is 1. The molecule has 10 nitrogen and oxygen atoms in total. The van der Waals surface area contributed by atoms with Gasteiger partial charge in [-0.2, -0.15) is 0 Å². The summed E-state index contributed by atoms with van der Waals surface area (Å²) >= 11 is 0. The predicted molar refractivity (Wildman–Crippen MR) is 156 cm³/mol. The highest BCUT2D eigenvalue weighted by Gasteiger charge is 2.28. The number of fused-ring (bicyclic) bond motifs is 2. The van der Waals surface area contributed by atoms with E-state index in [2.05, 4.69) is 49.2 Å². The van der Waals surface area contributed by atoms with Crippen molar-refractivity contribution in [1.29, 1.82) is 0 Å². The molecule has 1 aliphatic carbocycles. The molecule has 1 aromatic carbocycles. The fourth-order valence-electron chi connectivity index (χ4n) is 6.51. The van der Waals surface area contributed by atoms with Gasteiger partial charge in [0.15, 0.2) is 0 Å². The second kappa shape index (κ2) is 11.3. The first-order valence-electron chi connectivity index (χ1n) is 14.7. The molecule has 0 unspecified atom stereocenters. The molecule has 10 heteroatoms. The van der Waals surface area contributed by atoms with Gasteiger partial charge in [0.2, 0.25) is 5.88 Å². The van der Waals surface area contributed by atoms with Crippen LogP contribution < -0.4 is 10.1 Å². The van der Waals surface area contributed by atoms with Crippen molar-refractivity contribution in [3.05, 3.63) is 36.9 Å². The van der Waals surface area contributed by atoms with Crippen molar-refractivity contribution >= 4 is 27.9 Å². The number of likely N-dealkylation sites (tertiary alicyclic amines) is 1. The standard InChI is InChI=1S/C30H38N8O2/c1-37-10-8-23(9-11-37)40-27-18-31-25-7-2-20(16-26(25)36-27)24-17-32-29-28(24)30(34-19-33-29)35-21-3-5-22(6-4-21)38-12-14-39-15-13-38/h2,7,16-19,21-23H,3-6,8-15H2,1H3,(H2,32,33,34,35)/t21-,22-. The van der Waals surface area contributed by atoms with Crippen molar-refractivity contribution in [2.24, 2.45) is 0 Å². The molecular formula is C30H38N8O2. The van der Waals surface area contributed by atoms with Gasteiger partial charge in [0, 0.05) is 50.0 Å². The van der Waals surface area contributed by atoms with E-state index in [0.717, 1.165) is 104 Å². The van der Waals surface area contributed by atoms with Crippen molar-refractivity contribution in [1.82, 2.24) is 34.7 Å². The number of aromatic nitrogens is 5. The number of nitrogens with zero attached hydrogens (tertiary/aromatic N) is 6. The van der Waals surface area contributed by atoms with Gasteiger partial charge < -0.3 is 24.7 Å². The Morgan fingerprint density at radius 2 is 1.77 bits per heavy atom. The molecule has 3 aliphatic rings. The molecule has 2 saturated heterocycles. The van der Waals surface area contributed by atoms with Crippen LogP contribution >= 0.6 is 0 Å². The smallest absolute Gasteiger partial charge is 0.233 e. The lowest BCUT2D eigenvalue weighted by molar-refractivity contribution is 0.00791. The molecule has 0 bridgehead atoms. The molecule has 7 rings (SSSR count). The molecule has 3 fully saturated rings. The lowest BCUT2D eigenvalue weighted by Gasteiger charge is -2.39. The maximum atomic E-state index is 6.22. The Labute approximate surface area is 234 Å². The molecular weight excluding hydrogens is 504 g/mol. The Morgan fingerprint density at radius 3 is 2.60 bits per heavy atom. The van der Waals surface area contributed by atoms with E-state index < -0.39 is 0 Å². The van der Waals surface area contributed by atoms with E-state index >= 15 is 0 Å². The summed E-state index contributed by atoms with van der Waals surface area (Å²) in [4.78, 5) is 27.0. The Balaban J connectivity index is 1.10. The van der Waals surface area contributed by atoms with Crippen molar-refractivity contribution in [3.63, 3.8) is 0 Å². The number of ether oxygens (including phenoxy) is 2. The number of anilines is 1. The van der Waals surface area contributed by atoms with Crippen LogP contribution in [0.15, 0.2) is 36.9 Å². The summed E-state index contributed by atoms with van der Waals surface area (Å²) in [6.45, 7) is 5.93. The van der Waals surface area contributed by atoms with Gasteiger partial charge in [-0.25, -0.2) is 19.9 Å². The number of piperidine rings is 1. The lowest BCUT2D eigenvalue weighted by Crippen LogP contribution is -2.46. The molecule has 2 N–H and O–H groups in total. The zero-order chi connectivity index (χ0) is 26.9. The minimum Gasteiger partial charge on any atom is -0.473 e. The van der Waals surface area contributed by atoms with Crippen LogP contribution in [0.2, 0.25) is 0 Å². The summed E-state index contributed by atoms with van der Waals surface area (Å²) in [6, 6.07) is 7.29. The van der Waals surface area contributed by atoms with Crippen LogP contribution in [0.3, 0.4) is 0 Å². The first kappa shape index (κ1) is 25.6. The van der Waals surface area contributed by atoms with Gasteiger partial charge in [-0.15, -0.1) is 0 Å². The van der Waals surface area contributed by atoms with E-state index in [1.807, 2.05) is 12.3 Å². The average molecular weight is 543 g/mol. The third kappa shape index (κ3) is 5.35. The minimum atomic E-state index is 0.189. The Bertz CT molecular complexity index is 1450. The van der Waals surface area contributed by atoms with Crippen LogP contribution in [0.4, 0.5) is 5.82 Å². The topological polar surface area (TPSA) is 104 Å². The molecule has 5 heterocycles. The maximum absolute atomic E-state index is 6.22. The Kier molecular flexibility index (Phi) is 7.22. The number of hydrogen-bond acceptors (Lipinski definition) is 9. The maximum Gasteiger partial charge on any atom is 0.233 e. The molecule has 40 heavy (non-hydrogen) atoms. The van der Waals surface area contributed by atoms with Crippen LogP contribution in [0.25, 0.3) is 33.2 Å². The van der Waals surface area contributed by atoms with Gasteiger partial charge >= 0.3 is 0 Å². The SMILES string of the molecule is CN1CCC(Oc2cnc3ccc(-c4c[nH]c5ncnc(N[C@H]6CC[C@H](N7CCOCC7)CC6)c45)cc3n2)CC1. The van der Waals surface area contributed by atoms with E-state index in [0.29, 0.717) is 18.0 Å². The Morgan fingerprint density at radius 1 is 0.950 bits per heavy atom. The minimum absolute atomic E-state index is 0.189. The average Bonchev–Trinajstić information content (AvgIpc) is 3.44. The van der Waals surface area contributed by atoms with Gasteiger partial charge in [0.1, 0.15) is 23.9 Å². The Hall–Kier alpha value is -3.34. The fourth-order valence-corrected chi connectivity index (χ4v) is 6.51. The third-order valence-corrected chi connectivity index (χ3v) is 8.85. The van der Waals surface area contributed by atoms with Gasteiger partial charge in [-0.05, 0) is 63.3 Å². The summed E-state index contributed by atoms with van der Waals surface area (Å²) < 4.78 is 11.8. The summed E-state index contributed by atoms with van der Waals surface area (Å²) in [5.41, 5.74) is 4.62. The second-order valence-corrected chi connectivity index (χ2v) is 11.5. The molecule has 2 aliphatic heterocycles. The second-order valence-electron chi connectivity index (χ2n) is 11.5. The highest BCUT2D eigenvalue weighted by molar-refractivity contribution is 6.02. The quantitative estimate of drug-likeness (QED) is 0.373. The van der Waals surface area contributed by atoms with Crippen LogP contribution in [-0.4, -0.2) is 99.3 Å². The van der Waals surface area contributed by atoms with Crippen molar-refractivity contribution in [2.45, 2.75) is 56.7 Å². The van der Waals surface area contributed by atoms with E-state index in [-0.39, 0.29) is 6.10 Å². The van der Waals surface area contributed by atoms with Gasteiger partial charge in [-0.1, -0.05) is 6.07 Å². The molecule has 0 spiro atoms. The molecule has 210 valence electrons. The lowest BCUT2D eigenvalue weighted by atomic mass is 9.90. The summed E-state index contributed by atoms with van der Waals surface area (Å²) in [7, 11) is 2.15. The molecule has 1 saturated carbocycles. The van der Waals surface area contributed by atoms with E-state index in [1.54, 1.807) is 12.5 Å². The normalized spacial score (nSPS) is 23.5. The highest BCUT2D eigenvalue weighted by Crippen LogP contribution is 2.35. The van der Waals surface area contributed by atoms with E-state index in [4.69, 9.17) is 19.4 Å². The first-order chi connectivity index (χ1) is 19.7. The van der Waals surface area contributed by atoms with Crippen molar-refractivity contribution in [2.75, 3.05) is 51.8 Å². The third-order valence-electron chi connectivity index (χ3n) is 8.85. The summed E-state index contributed by atoms with van der Waals surface area (Å²) in [5.74, 6) is 1.48. The number of aromatic amines is 1. The van der Waals surface area contributed by atoms with Gasteiger partial charge in [-0.3, -0.25) is 4.90 Å². The summed E-state index contributed by atoms with van der Waals surface area (Å²) in [6.07, 6.45) is 12.3. The monoisotopic (exact) mass is 542 g/mol. The summed E-state index contributed by atoms with van der Waals surface area (Å²) in [5, 5.41) is 4.79. The molecule has 3 aromatic heterocycles. The van der Waals surface area contributed by atoms with Gasteiger partial charge in [0.25, 0.3) is 0 Å². The number of rotatable bonds is 6. The number of nitrogens with one attached hydrogen (secondary N) is 2. The predicted octanol–water partition coefficient (Wildman–Crippen LogP) is 4.10. The fraction of sp³-hybridized carbons (Fsp3) is 0.533. The number of hydrogen-bond donors (Lipinski definition) is 2. The van der Waals surface area contributed by atoms with E-state index in [9.17, 15) is 0 Å². The van der Waals surface area contributed by atoms with Crippen molar-refractivity contribution in [3.8, 4) is 17.0 Å². The molecule has 0 atom stereocenters. The van der Waals surface area contributed by atoms with Crippen LogP contribution in [-0.2, 0) is 4.74 Å². The molecule has 0 radical (unpaired) electrons. The zero-order valence-electron chi connectivity index (χ0n) is 23.2. The largest absolute Gasteiger partial charge is 0.473 e. The van der Waals surface area contributed by atoms with Crippen molar-refractivity contribution < 1.29 is 9.47 Å². The number of morpholine rings is 1. The van der Waals surface area contributed by atoms with E-state index in [1.165, 1.54) is 12.8 Å².